The molecule has 0 N–H and O–H groups in total. The van der Waals surface area contributed by atoms with Crippen LogP contribution in [0.25, 0.3) is 20.2 Å². The standard InChI is InChI=1S/C14H9ClOS/c1-8-6-7-10(15)14-12(8)13(16)9-4-2-3-5-11(9)17-14/h2-7H,1H3. The monoisotopic (exact) mass is 260 g/mol. The minimum Gasteiger partial charge on any atom is -0.288 e. The van der Waals surface area contributed by atoms with Crippen LogP contribution in [0.4, 0.5) is 0 Å². The molecule has 3 aromatic rings. The second-order valence-corrected chi connectivity index (χ2v) is 5.46. The van der Waals surface area contributed by atoms with Crippen LogP contribution < -0.4 is 5.43 Å². The molecule has 2 aromatic carbocycles. The molecular formula is C14H9ClOS. The van der Waals surface area contributed by atoms with Crippen molar-refractivity contribution in [2.75, 3.05) is 0 Å². The Hall–Kier alpha value is -1.38. The van der Waals surface area contributed by atoms with Gasteiger partial charge in [0.1, 0.15) is 0 Å². The van der Waals surface area contributed by atoms with Crippen molar-refractivity contribution in [3.63, 3.8) is 0 Å². The van der Waals surface area contributed by atoms with Gasteiger partial charge in [-0.1, -0.05) is 29.8 Å². The summed E-state index contributed by atoms with van der Waals surface area (Å²) in [5, 5.41) is 2.18. The number of rotatable bonds is 0. The van der Waals surface area contributed by atoms with Gasteiger partial charge in [0.05, 0.1) is 9.72 Å². The van der Waals surface area contributed by atoms with E-state index in [2.05, 4.69) is 0 Å². The molecule has 84 valence electrons. The smallest absolute Gasteiger partial charge is 0.196 e. The van der Waals surface area contributed by atoms with Crippen LogP contribution in [0.3, 0.4) is 0 Å². The van der Waals surface area contributed by atoms with Crippen LogP contribution in [0.15, 0.2) is 41.2 Å². The summed E-state index contributed by atoms with van der Waals surface area (Å²) in [6.07, 6.45) is 0. The molecule has 0 aliphatic carbocycles. The van der Waals surface area contributed by atoms with Crippen LogP contribution >= 0.6 is 22.9 Å². The Morgan fingerprint density at radius 1 is 1.12 bits per heavy atom. The van der Waals surface area contributed by atoms with Gasteiger partial charge in [0.15, 0.2) is 5.43 Å². The van der Waals surface area contributed by atoms with Gasteiger partial charge < -0.3 is 0 Å². The minimum absolute atomic E-state index is 0.0781. The SMILES string of the molecule is Cc1ccc(Cl)c2sc3ccccc3c(=O)c12. The third-order valence-electron chi connectivity index (χ3n) is 2.89. The zero-order chi connectivity index (χ0) is 12.0. The van der Waals surface area contributed by atoms with E-state index in [-0.39, 0.29) is 5.43 Å². The highest BCUT2D eigenvalue weighted by molar-refractivity contribution is 7.25. The first-order chi connectivity index (χ1) is 8.18. The quantitative estimate of drug-likeness (QED) is 0.549. The number of benzene rings is 2. The van der Waals surface area contributed by atoms with Crippen LogP contribution in [0.2, 0.25) is 5.02 Å². The van der Waals surface area contributed by atoms with Gasteiger partial charge in [-0.25, -0.2) is 0 Å². The fourth-order valence-electron chi connectivity index (χ4n) is 2.03. The van der Waals surface area contributed by atoms with Crippen molar-refractivity contribution in [2.24, 2.45) is 0 Å². The highest BCUT2D eigenvalue weighted by Gasteiger charge is 2.10. The molecule has 0 radical (unpaired) electrons. The number of fused-ring (bicyclic) bond motifs is 2. The van der Waals surface area contributed by atoms with Crippen molar-refractivity contribution in [2.45, 2.75) is 6.92 Å². The number of halogens is 1. The topological polar surface area (TPSA) is 17.1 Å². The third kappa shape index (κ3) is 1.56. The molecule has 17 heavy (non-hydrogen) atoms. The lowest BCUT2D eigenvalue weighted by molar-refractivity contribution is 1.53. The van der Waals surface area contributed by atoms with Gasteiger partial charge in [0, 0.05) is 15.5 Å². The molecule has 3 heteroatoms. The first kappa shape index (κ1) is 10.8. The van der Waals surface area contributed by atoms with Crippen molar-refractivity contribution in [3.8, 4) is 0 Å². The minimum atomic E-state index is 0.0781. The first-order valence-corrected chi connectivity index (χ1v) is 6.48. The van der Waals surface area contributed by atoms with Gasteiger partial charge in [-0.15, -0.1) is 11.3 Å². The fraction of sp³-hybridized carbons (Fsp3) is 0.0714. The molecule has 3 rings (SSSR count). The molecule has 0 saturated carbocycles. The second-order valence-electron chi connectivity index (χ2n) is 4.00. The van der Waals surface area contributed by atoms with E-state index in [9.17, 15) is 4.79 Å². The highest BCUT2D eigenvalue weighted by atomic mass is 35.5. The molecular weight excluding hydrogens is 252 g/mol. The van der Waals surface area contributed by atoms with E-state index >= 15 is 0 Å². The summed E-state index contributed by atoms with van der Waals surface area (Å²) in [7, 11) is 0. The van der Waals surface area contributed by atoms with Gasteiger partial charge in [0.25, 0.3) is 0 Å². The van der Waals surface area contributed by atoms with E-state index in [0.717, 1.165) is 25.7 Å². The zero-order valence-electron chi connectivity index (χ0n) is 9.16. The molecule has 0 atom stereocenters. The summed E-state index contributed by atoms with van der Waals surface area (Å²) < 4.78 is 1.87. The van der Waals surface area contributed by atoms with Crippen molar-refractivity contribution in [1.82, 2.24) is 0 Å². The summed E-state index contributed by atoms with van der Waals surface area (Å²) in [4.78, 5) is 12.4. The maximum absolute atomic E-state index is 12.4. The van der Waals surface area contributed by atoms with Crippen molar-refractivity contribution < 1.29 is 0 Å². The Morgan fingerprint density at radius 2 is 1.88 bits per heavy atom. The van der Waals surface area contributed by atoms with E-state index in [4.69, 9.17) is 11.6 Å². The van der Waals surface area contributed by atoms with E-state index in [1.54, 1.807) is 11.3 Å². The van der Waals surface area contributed by atoms with E-state index in [1.807, 2.05) is 43.3 Å². The number of hydrogen-bond acceptors (Lipinski definition) is 2. The van der Waals surface area contributed by atoms with Crippen LogP contribution in [-0.2, 0) is 0 Å². The summed E-state index contributed by atoms with van der Waals surface area (Å²) in [6.45, 7) is 1.95. The maximum Gasteiger partial charge on any atom is 0.196 e. The predicted molar refractivity (Wildman–Crippen MR) is 75.3 cm³/mol. The molecule has 0 fully saturated rings. The maximum atomic E-state index is 12.4. The predicted octanol–water partition coefficient (Wildman–Crippen LogP) is 4.38. The van der Waals surface area contributed by atoms with Crippen LogP contribution in [0, 0.1) is 6.92 Å². The summed E-state index contributed by atoms with van der Waals surface area (Å²) in [5.41, 5.74) is 1.06. The first-order valence-electron chi connectivity index (χ1n) is 5.29. The lowest BCUT2D eigenvalue weighted by Gasteiger charge is -2.04. The van der Waals surface area contributed by atoms with Gasteiger partial charge in [-0.05, 0) is 30.7 Å². The Labute approximate surface area is 107 Å². The Kier molecular flexibility index (Phi) is 2.42. The normalized spacial score (nSPS) is 11.2. The lowest BCUT2D eigenvalue weighted by Crippen LogP contribution is -2.02. The average molecular weight is 261 g/mol. The average Bonchev–Trinajstić information content (AvgIpc) is 2.34. The van der Waals surface area contributed by atoms with E-state index in [0.29, 0.717) is 5.02 Å². The Balaban J connectivity index is 2.69. The van der Waals surface area contributed by atoms with Gasteiger partial charge in [-0.3, -0.25) is 4.79 Å². The zero-order valence-corrected chi connectivity index (χ0v) is 10.7. The van der Waals surface area contributed by atoms with Crippen molar-refractivity contribution in [1.29, 1.82) is 0 Å². The summed E-state index contributed by atoms with van der Waals surface area (Å²) in [6, 6.07) is 11.4. The molecule has 0 aliphatic rings. The lowest BCUT2D eigenvalue weighted by atomic mass is 10.1. The largest absolute Gasteiger partial charge is 0.288 e. The van der Waals surface area contributed by atoms with Gasteiger partial charge in [-0.2, -0.15) is 0 Å². The third-order valence-corrected chi connectivity index (χ3v) is 4.52. The van der Waals surface area contributed by atoms with Crippen molar-refractivity contribution >= 4 is 43.1 Å². The molecule has 0 bridgehead atoms. The molecule has 0 spiro atoms. The number of aryl methyl sites for hydroxylation is 1. The Morgan fingerprint density at radius 3 is 2.71 bits per heavy atom. The Bertz CT molecular complexity index is 789. The summed E-state index contributed by atoms with van der Waals surface area (Å²) in [5.74, 6) is 0. The highest BCUT2D eigenvalue weighted by Crippen LogP contribution is 2.31. The molecule has 0 aliphatic heterocycles. The molecule has 1 heterocycles. The van der Waals surface area contributed by atoms with Gasteiger partial charge in [0.2, 0.25) is 0 Å². The van der Waals surface area contributed by atoms with Crippen LogP contribution in [0.1, 0.15) is 5.56 Å². The van der Waals surface area contributed by atoms with Gasteiger partial charge >= 0.3 is 0 Å². The van der Waals surface area contributed by atoms with E-state index in [1.165, 1.54) is 0 Å². The molecule has 0 unspecified atom stereocenters. The molecule has 0 amide bonds. The van der Waals surface area contributed by atoms with E-state index < -0.39 is 0 Å². The number of hydrogen-bond donors (Lipinski definition) is 0. The molecule has 0 saturated heterocycles. The fourth-order valence-corrected chi connectivity index (χ4v) is 3.46. The van der Waals surface area contributed by atoms with Crippen LogP contribution in [-0.4, -0.2) is 0 Å². The van der Waals surface area contributed by atoms with Crippen molar-refractivity contribution in [3.05, 3.63) is 57.2 Å². The summed E-state index contributed by atoms with van der Waals surface area (Å²) >= 11 is 7.75. The molecule has 1 aromatic heterocycles. The van der Waals surface area contributed by atoms with Crippen LogP contribution in [0.5, 0.6) is 0 Å². The molecule has 1 nitrogen and oxygen atoms in total. The second kappa shape index (κ2) is 3.83.